The van der Waals surface area contributed by atoms with E-state index < -0.39 is 22.0 Å². The molecule has 136 valence electrons. The van der Waals surface area contributed by atoms with E-state index >= 15 is 0 Å². The number of aryl methyl sites for hydroxylation is 2. The smallest absolute Gasteiger partial charge is 0.255 e. The van der Waals surface area contributed by atoms with Gasteiger partial charge in [-0.1, -0.05) is 0 Å². The molecule has 9 heteroatoms. The predicted molar refractivity (Wildman–Crippen MR) is 89.5 cm³/mol. The van der Waals surface area contributed by atoms with Crippen LogP contribution in [0.15, 0.2) is 39.6 Å². The number of aliphatic hydroxyl groups is 1. The number of hydrogen-bond acceptors (Lipinski definition) is 6. The monoisotopic (exact) mass is 368 g/mol. The van der Waals surface area contributed by atoms with Crippen LogP contribution >= 0.6 is 0 Å². The Labute approximate surface area is 145 Å². The summed E-state index contributed by atoms with van der Waals surface area (Å²) in [4.78, 5) is 10.7. The van der Waals surface area contributed by atoms with E-state index in [1.165, 1.54) is 24.3 Å². The maximum absolute atomic E-state index is 12.3. The third-order valence-electron chi connectivity index (χ3n) is 3.42. The van der Waals surface area contributed by atoms with Gasteiger partial charge in [0.15, 0.2) is 6.61 Å². The van der Waals surface area contributed by atoms with Crippen molar-refractivity contribution in [3.8, 4) is 5.75 Å². The summed E-state index contributed by atoms with van der Waals surface area (Å²) in [6.07, 6.45) is -1.02. The third kappa shape index (κ3) is 5.05. The Hall–Kier alpha value is -2.36. The number of primary amides is 1. The van der Waals surface area contributed by atoms with Gasteiger partial charge < -0.3 is 20.0 Å². The minimum atomic E-state index is -3.81. The van der Waals surface area contributed by atoms with E-state index in [1.807, 2.05) is 0 Å². The van der Waals surface area contributed by atoms with Crippen LogP contribution in [0.3, 0.4) is 0 Å². The number of carbonyl (C=O) groups excluding carboxylic acids is 1. The van der Waals surface area contributed by atoms with Gasteiger partial charge in [0.05, 0.1) is 11.0 Å². The molecule has 4 N–H and O–H groups in total. The average molecular weight is 368 g/mol. The van der Waals surface area contributed by atoms with Crippen molar-refractivity contribution in [2.45, 2.75) is 24.8 Å². The molecule has 0 fully saturated rings. The van der Waals surface area contributed by atoms with Crippen molar-refractivity contribution >= 4 is 15.9 Å². The molecule has 1 unspecified atom stereocenters. The minimum Gasteiger partial charge on any atom is -0.484 e. The summed E-state index contributed by atoms with van der Waals surface area (Å²) in [5.41, 5.74) is 5.50. The summed E-state index contributed by atoms with van der Waals surface area (Å²) in [6, 6.07) is 7.16. The van der Waals surface area contributed by atoms with Crippen LogP contribution in [0.5, 0.6) is 5.75 Å². The first kappa shape index (κ1) is 19.0. The normalized spacial score (nSPS) is 12.8. The number of ether oxygens (including phenoxy) is 1. The first-order chi connectivity index (χ1) is 11.7. The topological polar surface area (TPSA) is 132 Å². The predicted octanol–water partition coefficient (Wildman–Crippen LogP) is 0.772. The molecule has 0 bridgehead atoms. The molecular formula is C16H20N2O6S. The zero-order chi connectivity index (χ0) is 18.6. The lowest BCUT2D eigenvalue weighted by atomic mass is 10.1. The summed E-state index contributed by atoms with van der Waals surface area (Å²) in [6.45, 7) is 2.96. The molecule has 1 atom stereocenters. The number of rotatable bonds is 8. The SMILES string of the molecule is Cc1cc(C(O)CNS(=O)(=O)c2ccc(OCC(N)=O)cc2)c(C)o1. The molecule has 1 aromatic heterocycles. The molecule has 8 nitrogen and oxygen atoms in total. The van der Waals surface area contributed by atoms with Crippen LogP contribution in [0.2, 0.25) is 0 Å². The molecule has 1 amide bonds. The quantitative estimate of drug-likeness (QED) is 0.631. The lowest BCUT2D eigenvalue weighted by molar-refractivity contribution is -0.119. The van der Waals surface area contributed by atoms with Gasteiger partial charge >= 0.3 is 0 Å². The Morgan fingerprint density at radius 2 is 1.96 bits per heavy atom. The second-order valence-corrected chi connectivity index (χ2v) is 7.23. The number of carbonyl (C=O) groups is 1. The molecule has 0 spiro atoms. The van der Waals surface area contributed by atoms with E-state index in [-0.39, 0.29) is 18.0 Å². The number of benzene rings is 1. The van der Waals surface area contributed by atoms with Gasteiger partial charge in [-0.15, -0.1) is 0 Å². The summed E-state index contributed by atoms with van der Waals surface area (Å²) in [5.74, 6) is 0.875. The number of nitrogens with one attached hydrogen (secondary N) is 1. The zero-order valence-corrected chi connectivity index (χ0v) is 14.7. The van der Waals surface area contributed by atoms with E-state index in [4.69, 9.17) is 14.9 Å². The number of amides is 1. The standard InChI is InChI=1S/C16H20N2O6S/c1-10-7-14(11(2)24-10)15(19)8-18-25(21,22)13-5-3-12(4-6-13)23-9-16(17)20/h3-7,15,18-19H,8-9H2,1-2H3,(H2,17,20). The largest absolute Gasteiger partial charge is 0.484 e. The first-order valence-electron chi connectivity index (χ1n) is 7.45. The van der Waals surface area contributed by atoms with Gasteiger partial charge in [-0.2, -0.15) is 0 Å². The van der Waals surface area contributed by atoms with E-state index in [9.17, 15) is 18.3 Å². The Kier molecular flexibility index (Phi) is 5.83. The molecule has 1 aromatic carbocycles. The number of sulfonamides is 1. The molecule has 1 heterocycles. The molecule has 0 radical (unpaired) electrons. The molecule has 2 rings (SSSR count). The number of aliphatic hydroxyl groups excluding tert-OH is 1. The van der Waals surface area contributed by atoms with E-state index in [1.54, 1.807) is 19.9 Å². The second-order valence-electron chi connectivity index (χ2n) is 5.46. The summed E-state index contributed by atoms with van der Waals surface area (Å²) >= 11 is 0. The van der Waals surface area contributed by atoms with Gasteiger partial charge in [-0.25, -0.2) is 13.1 Å². The average Bonchev–Trinajstić information content (AvgIpc) is 2.89. The maximum Gasteiger partial charge on any atom is 0.255 e. The minimum absolute atomic E-state index is 0.00576. The Balaban J connectivity index is 2.01. The molecular weight excluding hydrogens is 348 g/mol. The Morgan fingerprint density at radius 3 is 2.48 bits per heavy atom. The lowest BCUT2D eigenvalue weighted by Gasteiger charge is -2.12. The highest BCUT2D eigenvalue weighted by Crippen LogP contribution is 2.22. The number of nitrogens with two attached hydrogens (primary N) is 1. The van der Waals surface area contributed by atoms with Gasteiger partial charge in [-0.3, -0.25) is 4.79 Å². The molecule has 25 heavy (non-hydrogen) atoms. The fourth-order valence-electron chi connectivity index (χ4n) is 2.23. The fourth-order valence-corrected chi connectivity index (χ4v) is 3.27. The van der Waals surface area contributed by atoms with Gasteiger partial charge in [0, 0.05) is 12.1 Å². The van der Waals surface area contributed by atoms with Crippen LogP contribution in [-0.2, 0) is 14.8 Å². The van der Waals surface area contributed by atoms with E-state index in [0.29, 0.717) is 22.8 Å². The van der Waals surface area contributed by atoms with Gasteiger partial charge in [0.1, 0.15) is 17.3 Å². The van der Waals surface area contributed by atoms with Crippen LogP contribution < -0.4 is 15.2 Å². The lowest BCUT2D eigenvalue weighted by Crippen LogP contribution is -2.28. The number of furan rings is 1. The van der Waals surface area contributed by atoms with Crippen LogP contribution in [0, 0.1) is 13.8 Å². The van der Waals surface area contributed by atoms with Crippen molar-refractivity contribution in [1.29, 1.82) is 0 Å². The van der Waals surface area contributed by atoms with E-state index in [0.717, 1.165) is 0 Å². The van der Waals surface area contributed by atoms with Crippen molar-refractivity contribution in [1.82, 2.24) is 4.72 Å². The van der Waals surface area contributed by atoms with Crippen LogP contribution in [0.4, 0.5) is 0 Å². The summed E-state index contributed by atoms with van der Waals surface area (Å²) in [7, 11) is -3.81. The van der Waals surface area contributed by atoms with E-state index in [2.05, 4.69) is 4.72 Å². The third-order valence-corrected chi connectivity index (χ3v) is 4.86. The molecule has 2 aromatic rings. The first-order valence-corrected chi connectivity index (χ1v) is 8.93. The van der Waals surface area contributed by atoms with Crippen molar-refractivity contribution in [2.24, 2.45) is 5.73 Å². The Morgan fingerprint density at radius 1 is 1.32 bits per heavy atom. The van der Waals surface area contributed by atoms with Crippen LogP contribution in [-0.4, -0.2) is 32.6 Å². The Bertz CT molecular complexity index is 842. The molecule has 0 aliphatic heterocycles. The molecule has 0 saturated heterocycles. The van der Waals surface area contributed by atoms with Gasteiger partial charge in [0.25, 0.3) is 5.91 Å². The van der Waals surface area contributed by atoms with Crippen molar-refractivity contribution in [3.05, 3.63) is 47.4 Å². The second kappa shape index (κ2) is 7.68. The van der Waals surface area contributed by atoms with Crippen LogP contribution in [0.25, 0.3) is 0 Å². The number of hydrogen-bond donors (Lipinski definition) is 3. The fraction of sp³-hybridized carbons (Fsp3) is 0.312. The zero-order valence-electron chi connectivity index (χ0n) is 13.9. The summed E-state index contributed by atoms with van der Waals surface area (Å²) < 4.78 is 37.3. The highest BCUT2D eigenvalue weighted by molar-refractivity contribution is 7.89. The highest BCUT2D eigenvalue weighted by Gasteiger charge is 2.19. The van der Waals surface area contributed by atoms with Gasteiger partial charge in [0.2, 0.25) is 10.0 Å². The summed E-state index contributed by atoms with van der Waals surface area (Å²) in [5, 5.41) is 10.1. The van der Waals surface area contributed by atoms with Crippen LogP contribution in [0.1, 0.15) is 23.2 Å². The maximum atomic E-state index is 12.3. The molecule has 0 aliphatic rings. The van der Waals surface area contributed by atoms with Crippen molar-refractivity contribution in [2.75, 3.05) is 13.2 Å². The highest BCUT2D eigenvalue weighted by atomic mass is 32.2. The van der Waals surface area contributed by atoms with Crippen molar-refractivity contribution in [3.63, 3.8) is 0 Å². The van der Waals surface area contributed by atoms with Gasteiger partial charge in [-0.05, 0) is 44.2 Å². The molecule has 0 saturated carbocycles. The van der Waals surface area contributed by atoms with Crippen molar-refractivity contribution < 1.29 is 27.5 Å². The molecule has 0 aliphatic carbocycles.